The zero-order valence-electron chi connectivity index (χ0n) is 24.3. The summed E-state index contributed by atoms with van der Waals surface area (Å²) in [6.45, 7) is 13.9. The molecule has 3 amide bonds. The number of benzene rings is 2. The number of anilines is 1. The topological polar surface area (TPSA) is 99.9 Å². The summed E-state index contributed by atoms with van der Waals surface area (Å²) in [5.74, 6) is -2.09. The van der Waals surface area contributed by atoms with Crippen LogP contribution in [0.5, 0.6) is 0 Å². The average molecular weight is 573 g/mol. The number of fused-ring (bicyclic) bond motifs is 2. The third kappa shape index (κ3) is 6.08. The largest absolute Gasteiger partial charge is 0.342 e. The van der Waals surface area contributed by atoms with Gasteiger partial charge in [0.25, 0.3) is 5.91 Å². The number of carbonyl (C=O) groups excluding carboxylic acids is 4. The second kappa shape index (κ2) is 11.3. The van der Waals surface area contributed by atoms with Crippen LogP contribution in [0.4, 0.5) is 10.1 Å². The second-order valence-electron chi connectivity index (χ2n) is 13.2. The van der Waals surface area contributed by atoms with Crippen LogP contribution in [0.15, 0.2) is 48.5 Å². The highest BCUT2D eigenvalue weighted by Gasteiger charge is 2.59. The second-order valence-corrected chi connectivity index (χ2v) is 13.2. The normalized spacial score (nSPS) is 22.7. The molecule has 2 aromatic carbocycles. The first kappa shape index (κ1) is 29.4. The van der Waals surface area contributed by atoms with E-state index in [-0.39, 0.29) is 48.0 Å². The summed E-state index contributed by atoms with van der Waals surface area (Å²) in [5.41, 5.74) is 0.434. The number of Topliss-reactive ketones (excluding diaryl/α,β-unsaturated/α-hetero) is 1. The summed E-state index contributed by atoms with van der Waals surface area (Å²) in [5, 5.41) is 5.75. The molecule has 2 aromatic rings. The molecule has 42 heavy (non-hydrogen) atoms. The van der Waals surface area contributed by atoms with Gasteiger partial charge in [-0.2, -0.15) is 0 Å². The fourth-order valence-electron chi connectivity index (χ4n) is 6.36. The number of para-hydroxylation sites is 1. The molecule has 8 nitrogen and oxygen atoms in total. The summed E-state index contributed by atoms with van der Waals surface area (Å²) in [7, 11) is 0. The molecule has 1 saturated heterocycles. The smallest absolute Gasteiger partial charge is 0.302 e. The Labute approximate surface area is 245 Å². The molecular weight excluding hydrogens is 535 g/mol. The zero-order chi connectivity index (χ0) is 30.2. The molecule has 2 heterocycles. The van der Waals surface area contributed by atoms with Gasteiger partial charge in [-0.1, -0.05) is 51.8 Å². The number of carbonyl (C=O) groups is 4. The lowest BCUT2D eigenvalue weighted by Gasteiger charge is -2.30. The molecule has 1 saturated carbocycles. The lowest BCUT2D eigenvalue weighted by molar-refractivity contribution is -0.140. The number of rotatable bonds is 9. The maximum absolute atomic E-state index is 14.2. The van der Waals surface area contributed by atoms with Crippen LogP contribution in [0.1, 0.15) is 75.2 Å². The van der Waals surface area contributed by atoms with Crippen molar-refractivity contribution in [3.05, 3.63) is 76.9 Å². The van der Waals surface area contributed by atoms with Gasteiger partial charge in [0.15, 0.2) is 5.78 Å². The van der Waals surface area contributed by atoms with Gasteiger partial charge in [-0.3, -0.25) is 28.9 Å². The maximum Gasteiger partial charge on any atom is 0.302 e. The van der Waals surface area contributed by atoms with Crippen molar-refractivity contribution in [2.45, 2.75) is 76.9 Å². The quantitative estimate of drug-likeness (QED) is 0.408. The van der Waals surface area contributed by atoms with Crippen molar-refractivity contribution in [3.8, 4) is 0 Å². The summed E-state index contributed by atoms with van der Waals surface area (Å²) in [6, 6.07) is 11.7. The Balaban J connectivity index is 1.37. The number of ketones is 1. The fourth-order valence-corrected chi connectivity index (χ4v) is 6.36. The van der Waals surface area contributed by atoms with Crippen molar-refractivity contribution >= 4 is 29.2 Å². The van der Waals surface area contributed by atoms with Gasteiger partial charge in [0.1, 0.15) is 11.2 Å². The van der Waals surface area contributed by atoms with E-state index in [9.17, 15) is 23.6 Å². The van der Waals surface area contributed by atoms with E-state index in [1.165, 1.54) is 29.2 Å². The first-order valence-electron chi connectivity index (χ1n) is 14.6. The van der Waals surface area contributed by atoms with Gasteiger partial charge in [0.2, 0.25) is 11.8 Å². The number of nitrogens with zero attached hydrogens (tertiary/aromatic N) is 2. The van der Waals surface area contributed by atoms with Crippen molar-refractivity contribution in [1.82, 2.24) is 10.2 Å². The number of hydrogen-bond donors (Lipinski definition) is 2. The van der Waals surface area contributed by atoms with E-state index >= 15 is 0 Å². The predicted octanol–water partition coefficient (Wildman–Crippen LogP) is 5.10. The van der Waals surface area contributed by atoms with Crippen LogP contribution in [-0.4, -0.2) is 47.2 Å². The Hall–Kier alpha value is -4.06. The van der Waals surface area contributed by atoms with E-state index in [2.05, 4.69) is 15.5 Å². The minimum Gasteiger partial charge on any atom is -0.342 e. The molecule has 0 aromatic heterocycles. The number of likely N-dealkylation sites (tertiary alicyclic amines) is 1. The molecule has 2 fully saturated rings. The lowest BCUT2D eigenvalue weighted by Crippen LogP contribution is -2.46. The first-order valence-corrected chi connectivity index (χ1v) is 14.6. The van der Waals surface area contributed by atoms with Crippen LogP contribution in [0.2, 0.25) is 0 Å². The summed E-state index contributed by atoms with van der Waals surface area (Å²) in [4.78, 5) is 59.4. The van der Waals surface area contributed by atoms with E-state index in [0.717, 1.165) is 18.4 Å². The van der Waals surface area contributed by atoms with Crippen LogP contribution in [-0.2, 0) is 19.8 Å². The zero-order valence-corrected chi connectivity index (χ0v) is 24.3. The van der Waals surface area contributed by atoms with Crippen LogP contribution in [0.3, 0.4) is 0 Å². The van der Waals surface area contributed by atoms with E-state index in [0.29, 0.717) is 24.4 Å². The van der Waals surface area contributed by atoms with Gasteiger partial charge >= 0.3 is 6.17 Å². The molecule has 2 N–H and O–H groups in total. The van der Waals surface area contributed by atoms with Gasteiger partial charge in [-0.25, -0.2) is 11.0 Å². The summed E-state index contributed by atoms with van der Waals surface area (Å²) >= 11 is 0. The Morgan fingerprint density at radius 1 is 1.14 bits per heavy atom. The third-order valence-electron chi connectivity index (χ3n) is 8.61. The minimum absolute atomic E-state index is 0.0728. The molecule has 220 valence electrons. The van der Waals surface area contributed by atoms with Gasteiger partial charge < -0.3 is 10.6 Å². The van der Waals surface area contributed by atoms with Crippen molar-refractivity contribution in [3.63, 3.8) is 0 Å². The Morgan fingerprint density at radius 2 is 1.83 bits per heavy atom. The summed E-state index contributed by atoms with van der Waals surface area (Å²) in [6.07, 6.45) is 2.12. The van der Waals surface area contributed by atoms with Crippen molar-refractivity contribution in [2.75, 3.05) is 11.9 Å². The number of hydrogen-bond acceptors (Lipinski definition) is 4. The van der Waals surface area contributed by atoms with Crippen molar-refractivity contribution < 1.29 is 23.6 Å². The number of nitrogens with one attached hydrogen (secondary N) is 2. The van der Waals surface area contributed by atoms with Crippen LogP contribution >= 0.6 is 0 Å². The average Bonchev–Trinajstić information content (AvgIpc) is 3.61. The highest BCUT2D eigenvalue weighted by Crippen LogP contribution is 2.47. The molecule has 0 unspecified atom stereocenters. The van der Waals surface area contributed by atoms with Crippen molar-refractivity contribution in [2.24, 2.45) is 17.3 Å². The predicted molar refractivity (Wildman–Crippen MR) is 156 cm³/mol. The Kier molecular flexibility index (Phi) is 7.93. The van der Waals surface area contributed by atoms with E-state index in [1.54, 1.807) is 0 Å². The highest BCUT2D eigenvalue weighted by atomic mass is 19.1. The molecule has 4 atom stereocenters. The van der Waals surface area contributed by atoms with Gasteiger partial charge in [0.05, 0.1) is 12.5 Å². The van der Waals surface area contributed by atoms with Crippen molar-refractivity contribution in [1.29, 1.82) is 0 Å². The molecule has 5 rings (SSSR count). The molecular formula is C33H37FN4O4. The van der Waals surface area contributed by atoms with E-state index < -0.39 is 35.3 Å². The van der Waals surface area contributed by atoms with Gasteiger partial charge in [0, 0.05) is 30.1 Å². The molecule has 0 bridgehead atoms. The van der Waals surface area contributed by atoms with E-state index in [4.69, 9.17) is 6.57 Å². The Bertz CT molecular complexity index is 1440. The molecule has 1 spiro atoms. The molecule has 0 radical (unpaired) electrons. The van der Waals surface area contributed by atoms with E-state index in [1.807, 2.05) is 45.0 Å². The molecule has 2 aliphatic heterocycles. The monoisotopic (exact) mass is 572 g/mol. The molecule has 9 heteroatoms. The first-order chi connectivity index (χ1) is 19.9. The number of amides is 3. The van der Waals surface area contributed by atoms with Gasteiger partial charge in [-0.15, -0.1) is 0 Å². The SMILES string of the molecule is [C-]#[N+][C@@H]1C[C@@]2(CN1C(=O)[C@@H](CC(=O)[C@H](CC1CC1)NC(=O)c1ccc(F)cc1)CC(C)(C)C)C(=O)Nc1ccccc12. The lowest BCUT2D eigenvalue weighted by atomic mass is 9.80. The van der Waals surface area contributed by atoms with Gasteiger partial charge in [-0.05, 0) is 60.1 Å². The Morgan fingerprint density at radius 3 is 2.48 bits per heavy atom. The molecule has 1 aliphatic carbocycles. The highest BCUT2D eigenvalue weighted by molar-refractivity contribution is 6.07. The van der Waals surface area contributed by atoms with Crippen LogP contribution < -0.4 is 10.6 Å². The summed E-state index contributed by atoms with van der Waals surface area (Å²) < 4.78 is 13.4. The number of halogens is 1. The molecule has 3 aliphatic rings. The third-order valence-corrected chi connectivity index (χ3v) is 8.61. The maximum atomic E-state index is 14.2. The standard InChI is InChI=1S/C33H37FN4O4/c1-32(2,3)17-22(16-27(39)26(15-20-9-10-20)36-29(40)21-11-13-23(34)14-12-21)30(41)38-19-33(18-28(38)35-4)24-7-5-6-8-25(24)37-31(33)42/h5-8,11-14,20,22,26,28H,9-10,15-19H2,1-3H3,(H,36,40)(H,37,42)/t22-,26-,28-,33-/m0/s1. The fraction of sp³-hybridized carbons (Fsp3) is 0.485. The van der Waals surface area contributed by atoms with Crippen LogP contribution in [0.25, 0.3) is 4.85 Å². The minimum atomic E-state index is -1.00. The van der Waals surface area contributed by atoms with Crippen LogP contribution in [0, 0.1) is 29.6 Å².